The van der Waals surface area contributed by atoms with Gasteiger partial charge in [-0.15, -0.1) is 5.10 Å². The lowest BCUT2D eigenvalue weighted by atomic mass is 9.85. The molecule has 3 heterocycles. The maximum atomic E-state index is 13.2. The Kier molecular flexibility index (Phi) is 3.02. The van der Waals surface area contributed by atoms with Gasteiger partial charge in [-0.1, -0.05) is 6.07 Å². The summed E-state index contributed by atoms with van der Waals surface area (Å²) in [6.07, 6.45) is -1.82. The summed E-state index contributed by atoms with van der Waals surface area (Å²) in [5.74, 6) is -1.61. The van der Waals surface area contributed by atoms with Gasteiger partial charge < -0.3 is 10.5 Å². The second kappa shape index (κ2) is 4.77. The molecule has 0 aromatic carbocycles. The highest BCUT2D eigenvalue weighted by Crippen LogP contribution is 2.46. The highest BCUT2D eigenvalue weighted by molar-refractivity contribution is 5.55. The predicted octanol–water partition coefficient (Wildman–Crippen LogP) is 2.04. The van der Waals surface area contributed by atoms with E-state index in [9.17, 15) is 18.4 Å². The number of nitrogens with two attached hydrogens (primary N) is 1. The molecule has 9 heteroatoms. The Morgan fingerprint density at radius 3 is 2.77 bits per heavy atom. The lowest BCUT2D eigenvalue weighted by Gasteiger charge is -2.24. The van der Waals surface area contributed by atoms with Crippen molar-refractivity contribution < 1.29 is 17.9 Å². The molecule has 2 aromatic heterocycles. The van der Waals surface area contributed by atoms with E-state index >= 15 is 0 Å². The number of alkyl halides is 3. The number of hydrogen-bond donors (Lipinski definition) is 2. The van der Waals surface area contributed by atoms with Gasteiger partial charge in [-0.25, -0.2) is 0 Å². The summed E-state index contributed by atoms with van der Waals surface area (Å²) in [7, 11) is 0. The maximum Gasteiger partial charge on any atom is 0.433 e. The highest BCUT2D eigenvalue weighted by Gasteiger charge is 2.44. The third-order valence-corrected chi connectivity index (χ3v) is 3.24. The standard InChI is InChI=1S/C13H8F3N5O/c14-13(15,16)10-9-8(6-2-1-3-19-5-6)7(4-17)11(18)22-12(9)21-20-10/h1-3,5,8H,18H2,(H,20,21)/t8-/m1/s1. The Morgan fingerprint density at radius 1 is 1.41 bits per heavy atom. The Morgan fingerprint density at radius 2 is 2.18 bits per heavy atom. The van der Waals surface area contributed by atoms with Crippen LogP contribution in [-0.2, 0) is 6.18 Å². The van der Waals surface area contributed by atoms with Gasteiger partial charge in [0.05, 0.1) is 11.5 Å². The Bertz CT molecular complexity index is 788. The van der Waals surface area contributed by atoms with Crippen molar-refractivity contribution in [3.05, 3.63) is 52.8 Å². The number of aromatic nitrogens is 3. The molecule has 0 bridgehead atoms. The number of ether oxygens (including phenoxy) is 1. The van der Waals surface area contributed by atoms with Gasteiger partial charge in [0.25, 0.3) is 0 Å². The normalized spacial score (nSPS) is 17.6. The second-order valence-corrected chi connectivity index (χ2v) is 4.53. The summed E-state index contributed by atoms with van der Waals surface area (Å²) >= 11 is 0. The van der Waals surface area contributed by atoms with Crippen molar-refractivity contribution >= 4 is 0 Å². The molecule has 3 rings (SSSR count). The summed E-state index contributed by atoms with van der Waals surface area (Å²) in [6, 6.07) is 4.92. The van der Waals surface area contributed by atoms with Crippen LogP contribution in [-0.4, -0.2) is 15.2 Å². The van der Waals surface area contributed by atoms with Gasteiger partial charge in [-0.05, 0) is 11.6 Å². The monoisotopic (exact) mass is 307 g/mol. The number of nitriles is 1. The molecule has 0 spiro atoms. The topological polar surface area (TPSA) is 101 Å². The second-order valence-electron chi connectivity index (χ2n) is 4.53. The number of H-pyrrole nitrogens is 1. The number of nitrogens with zero attached hydrogens (tertiary/aromatic N) is 3. The van der Waals surface area contributed by atoms with Gasteiger partial charge >= 0.3 is 6.18 Å². The van der Waals surface area contributed by atoms with Crippen molar-refractivity contribution in [3.8, 4) is 11.9 Å². The molecule has 0 radical (unpaired) electrons. The van der Waals surface area contributed by atoms with Crippen LogP contribution in [0.3, 0.4) is 0 Å². The molecular weight excluding hydrogens is 299 g/mol. The van der Waals surface area contributed by atoms with Crippen molar-refractivity contribution in [3.63, 3.8) is 0 Å². The molecule has 0 fully saturated rings. The van der Waals surface area contributed by atoms with Crippen molar-refractivity contribution in [1.29, 1.82) is 5.26 Å². The molecule has 1 atom stereocenters. The summed E-state index contributed by atoms with van der Waals surface area (Å²) in [5, 5.41) is 14.7. The number of halogens is 3. The summed E-state index contributed by atoms with van der Waals surface area (Å²) < 4.78 is 44.5. The molecule has 1 aliphatic rings. The number of pyridine rings is 1. The zero-order valence-electron chi connectivity index (χ0n) is 10.8. The van der Waals surface area contributed by atoms with Crippen LogP contribution in [0.5, 0.6) is 5.88 Å². The first kappa shape index (κ1) is 13.9. The van der Waals surface area contributed by atoms with Crippen LogP contribution in [0, 0.1) is 11.3 Å². The lowest BCUT2D eigenvalue weighted by molar-refractivity contribution is -0.141. The van der Waals surface area contributed by atoms with E-state index in [1.54, 1.807) is 18.2 Å². The Labute approximate surface area is 122 Å². The first-order valence-electron chi connectivity index (χ1n) is 6.06. The van der Waals surface area contributed by atoms with Crippen LogP contribution < -0.4 is 10.5 Å². The number of nitrogens with one attached hydrogen (secondary N) is 1. The summed E-state index contributed by atoms with van der Waals surface area (Å²) in [6.45, 7) is 0. The molecule has 1 aliphatic heterocycles. The number of rotatable bonds is 1. The van der Waals surface area contributed by atoms with E-state index in [1.807, 2.05) is 5.10 Å². The minimum absolute atomic E-state index is 0.118. The largest absolute Gasteiger partial charge is 0.433 e. The fraction of sp³-hybridized carbons (Fsp3) is 0.154. The zero-order chi connectivity index (χ0) is 15.9. The van der Waals surface area contributed by atoms with Crippen molar-refractivity contribution in [1.82, 2.24) is 15.2 Å². The number of aromatic amines is 1. The molecule has 2 aromatic rings. The fourth-order valence-corrected chi connectivity index (χ4v) is 2.34. The summed E-state index contributed by atoms with van der Waals surface area (Å²) in [4.78, 5) is 3.88. The van der Waals surface area contributed by atoms with Gasteiger partial charge in [0.1, 0.15) is 17.3 Å². The van der Waals surface area contributed by atoms with Crippen LogP contribution in [0.25, 0.3) is 0 Å². The van der Waals surface area contributed by atoms with Gasteiger partial charge in [0.15, 0.2) is 0 Å². The van der Waals surface area contributed by atoms with E-state index in [-0.39, 0.29) is 22.9 Å². The van der Waals surface area contributed by atoms with Crippen molar-refractivity contribution in [2.24, 2.45) is 5.73 Å². The lowest BCUT2D eigenvalue weighted by Crippen LogP contribution is -2.22. The Balaban J connectivity index is 2.27. The van der Waals surface area contributed by atoms with Crippen LogP contribution >= 0.6 is 0 Å². The molecular formula is C13H8F3N5O. The molecule has 6 nitrogen and oxygen atoms in total. The molecule has 0 amide bonds. The predicted molar refractivity (Wildman–Crippen MR) is 67.1 cm³/mol. The molecule has 0 aliphatic carbocycles. The van der Waals surface area contributed by atoms with Gasteiger partial charge in [-0.3, -0.25) is 10.1 Å². The molecule has 3 N–H and O–H groups in total. The van der Waals surface area contributed by atoms with Crippen LogP contribution in [0.1, 0.15) is 22.7 Å². The Hall–Kier alpha value is -3.02. The van der Waals surface area contributed by atoms with E-state index in [4.69, 9.17) is 10.5 Å². The highest BCUT2D eigenvalue weighted by atomic mass is 19.4. The van der Waals surface area contributed by atoms with E-state index in [2.05, 4.69) is 10.1 Å². The third-order valence-electron chi connectivity index (χ3n) is 3.24. The minimum Gasteiger partial charge on any atom is -0.420 e. The van der Waals surface area contributed by atoms with E-state index < -0.39 is 17.8 Å². The van der Waals surface area contributed by atoms with Gasteiger partial charge in [0.2, 0.25) is 11.8 Å². The average molecular weight is 307 g/mol. The van der Waals surface area contributed by atoms with Gasteiger partial charge in [0, 0.05) is 12.4 Å². The minimum atomic E-state index is -4.67. The van der Waals surface area contributed by atoms with E-state index in [0.717, 1.165) is 0 Å². The smallest absolute Gasteiger partial charge is 0.420 e. The van der Waals surface area contributed by atoms with Crippen molar-refractivity contribution in [2.45, 2.75) is 12.1 Å². The van der Waals surface area contributed by atoms with Crippen LogP contribution in [0.15, 0.2) is 36.0 Å². The summed E-state index contributed by atoms with van der Waals surface area (Å²) in [5.41, 5.74) is 4.55. The van der Waals surface area contributed by atoms with Crippen molar-refractivity contribution in [2.75, 3.05) is 0 Å². The first-order chi connectivity index (χ1) is 10.4. The number of allylic oxidation sites excluding steroid dienone is 1. The van der Waals surface area contributed by atoms with Gasteiger partial charge in [-0.2, -0.15) is 18.4 Å². The van der Waals surface area contributed by atoms with E-state index in [0.29, 0.717) is 5.56 Å². The quantitative estimate of drug-likeness (QED) is 0.839. The number of hydrogen-bond acceptors (Lipinski definition) is 5. The molecule has 112 valence electrons. The SMILES string of the molecule is N#CC1=C(N)Oc2n[nH]c(C(F)(F)F)c2[C@@H]1c1cccnc1. The first-order valence-corrected chi connectivity index (χ1v) is 6.06. The van der Waals surface area contributed by atoms with Crippen LogP contribution in [0.2, 0.25) is 0 Å². The van der Waals surface area contributed by atoms with E-state index in [1.165, 1.54) is 12.4 Å². The van der Waals surface area contributed by atoms with Crippen LogP contribution in [0.4, 0.5) is 13.2 Å². The molecule has 22 heavy (non-hydrogen) atoms. The molecule has 0 saturated heterocycles. The average Bonchev–Trinajstić information content (AvgIpc) is 2.90. The maximum absolute atomic E-state index is 13.2. The molecule has 0 saturated carbocycles. The fourth-order valence-electron chi connectivity index (χ4n) is 2.34. The number of fused-ring (bicyclic) bond motifs is 1. The molecule has 0 unspecified atom stereocenters. The zero-order valence-corrected chi connectivity index (χ0v) is 10.8. The third kappa shape index (κ3) is 2.05.